The Labute approximate surface area is 173 Å². The van der Waals surface area contributed by atoms with Crippen molar-refractivity contribution in [2.24, 2.45) is 5.92 Å². The summed E-state index contributed by atoms with van der Waals surface area (Å²) in [6.45, 7) is 4.75. The van der Waals surface area contributed by atoms with Crippen LogP contribution < -0.4 is 0 Å². The largest absolute Gasteiger partial charge is 0.376 e. The average Bonchev–Trinajstić information content (AvgIpc) is 3.15. The molecule has 1 aliphatic carbocycles. The number of hydrogen-bond donors (Lipinski definition) is 0. The first-order valence-electron chi connectivity index (χ1n) is 10.4. The second-order valence-corrected chi connectivity index (χ2v) is 10.4. The third-order valence-corrected chi connectivity index (χ3v) is 7.54. The van der Waals surface area contributed by atoms with E-state index in [0.717, 1.165) is 50.1 Å². The lowest BCUT2D eigenvalue weighted by molar-refractivity contribution is 0.0934. The van der Waals surface area contributed by atoms with E-state index in [1.165, 1.54) is 5.56 Å². The predicted octanol–water partition coefficient (Wildman–Crippen LogP) is 2.58. The van der Waals surface area contributed by atoms with Crippen molar-refractivity contribution in [3.8, 4) is 0 Å². The van der Waals surface area contributed by atoms with E-state index in [2.05, 4.69) is 21.8 Å². The zero-order chi connectivity index (χ0) is 20.4. The smallest absolute Gasteiger partial charge is 0.227 e. The van der Waals surface area contributed by atoms with Gasteiger partial charge in [-0.05, 0) is 62.8 Å². The second-order valence-electron chi connectivity index (χ2n) is 8.48. The first kappa shape index (κ1) is 20.5. The summed E-state index contributed by atoms with van der Waals surface area (Å²) >= 11 is 0. The molecular weight excluding hydrogens is 388 g/mol. The molecule has 1 aliphatic heterocycles. The number of pyridine rings is 1. The topological polar surface area (TPSA) is 77.3 Å². The van der Waals surface area contributed by atoms with Crippen molar-refractivity contribution in [2.45, 2.75) is 63.5 Å². The molecule has 4 rings (SSSR count). The lowest BCUT2D eigenvalue weighted by Crippen LogP contribution is -2.25. The van der Waals surface area contributed by atoms with Crippen molar-refractivity contribution in [1.29, 1.82) is 0 Å². The minimum atomic E-state index is -3.38. The summed E-state index contributed by atoms with van der Waals surface area (Å²) in [6, 6.07) is 2.03. The fourth-order valence-corrected chi connectivity index (χ4v) is 5.77. The van der Waals surface area contributed by atoms with Crippen LogP contribution in [0.1, 0.15) is 42.5 Å². The molecule has 0 bridgehead atoms. The number of sulfone groups is 1. The van der Waals surface area contributed by atoms with Crippen LogP contribution in [0.2, 0.25) is 0 Å². The van der Waals surface area contributed by atoms with Gasteiger partial charge in [-0.25, -0.2) is 13.4 Å². The van der Waals surface area contributed by atoms with Crippen molar-refractivity contribution in [3.05, 3.63) is 41.5 Å². The van der Waals surface area contributed by atoms with Gasteiger partial charge < -0.3 is 9.30 Å². The van der Waals surface area contributed by atoms with Crippen LogP contribution in [0.25, 0.3) is 0 Å². The summed E-state index contributed by atoms with van der Waals surface area (Å²) in [6.07, 6.45) is 9.47. The molecule has 0 amide bonds. The average molecular weight is 419 g/mol. The number of rotatable bonds is 9. The first-order chi connectivity index (χ1) is 13.9. The van der Waals surface area contributed by atoms with E-state index in [4.69, 9.17) is 4.74 Å². The normalized spacial score (nSPS) is 19.9. The summed E-state index contributed by atoms with van der Waals surface area (Å²) in [7, 11) is -1.34. The van der Waals surface area contributed by atoms with E-state index in [0.29, 0.717) is 19.0 Å². The van der Waals surface area contributed by atoms with Gasteiger partial charge in [-0.2, -0.15) is 0 Å². The fraction of sp³-hybridized carbons (Fsp3) is 0.619. The van der Waals surface area contributed by atoms with Gasteiger partial charge >= 0.3 is 0 Å². The Balaban J connectivity index is 1.55. The fourth-order valence-electron chi connectivity index (χ4n) is 3.93. The summed E-state index contributed by atoms with van der Waals surface area (Å²) in [5.74, 6) is 0.509. The molecule has 2 aromatic heterocycles. The Morgan fingerprint density at radius 2 is 2.07 bits per heavy atom. The molecule has 1 unspecified atom stereocenters. The molecule has 2 fully saturated rings. The Morgan fingerprint density at radius 3 is 2.76 bits per heavy atom. The molecule has 0 spiro atoms. The zero-order valence-corrected chi connectivity index (χ0v) is 18.1. The van der Waals surface area contributed by atoms with Gasteiger partial charge in [0.2, 0.25) is 15.0 Å². The van der Waals surface area contributed by atoms with Crippen LogP contribution in [-0.4, -0.2) is 53.4 Å². The standard InChI is InChI=1S/C21H30N4O3S/c1-16-10-22-8-7-18(16)12-24(2)13-19-11-23-21(29(26,27)15-17-5-6-17)25(19)14-20-4-3-9-28-20/h7-8,10-11,17,20H,3-6,9,12-15H2,1-2H3. The summed E-state index contributed by atoms with van der Waals surface area (Å²) < 4.78 is 33.6. The molecule has 3 heterocycles. The number of aromatic nitrogens is 3. The summed E-state index contributed by atoms with van der Waals surface area (Å²) in [5.41, 5.74) is 3.29. The van der Waals surface area contributed by atoms with Gasteiger partial charge in [0.25, 0.3) is 0 Å². The number of ether oxygens (including phenoxy) is 1. The molecule has 7 nitrogen and oxygen atoms in total. The number of nitrogens with zero attached hydrogens (tertiary/aromatic N) is 4. The minimum Gasteiger partial charge on any atom is -0.376 e. The molecule has 1 atom stereocenters. The van der Waals surface area contributed by atoms with Gasteiger partial charge in [-0.15, -0.1) is 0 Å². The molecule has 1 saturated carbocycles. The quantitative estimate of drug-likeness (QED) is 0.623. The SMILES string of the molecule is Cc1cnccc1CN(C)Cc1cnc(S(=O)(=O)CC2CC2)n1CC1CCCO1. The number of imidazole rings is 1. The molecule has 0 aromatic carbocycles. The number of aryl methyl sites for hydroxylation is 1. The maximum absolute atomic E-state index is 13.0. The predicted molar refractivity (Wildman–Crippen MR) is 110 cm³/mol. The van der Waals surface area contributed by atoms with Crippen molar-refractivity contribution in [2.75, 3.05) is 19.4 Å². The molecular formula is C21H30N4O3S. The Bertz CT molecular complexity index is 947. The van der Waals surface area contributed by atoms with E-state index in [-0.39, 0.29) is 17.0 Å². The third-order valence-electron chi connectivity index (χ3n) is 5.75. The van der Waals surface area contributed by atoms with Crippen LogP contribution in [0.4, 0.5) is 0 Å². The molecule has 1 saturated heterocycles. The van der Waals surface area contributed by atoms with Crippen molar-refractivity contribution < 1.29 is 13.2 Å². The van der Waals surface area contributed by atoms with Gasteiger partial charge in [0, 0.05) is 32.1 Å². The Morgan fingerprint density at radius 1 is 1.24 bits per heavy atom. The van der Waals surface area contributed by atoms with Gasteiger partial charge in [-0.3, -0.25) is 9.88 Å². The lowest BCUT2D eigenvalue weighted by atomic mass is 10.1. The highest BCUT2D eigenvalue weighted by Gasteiger charge is 2.33. The van der Waals surface area contributed by atoms with Gasteiger partial charge in [0.05, 0.1) is 30.3 Å². The summed E-state index contributed by atoms with van der Waals surface area (Å²) in [4.78, 5) is 10.7. The minimum absolute atomic E-state index is 0.0607. The third kappa shape index (κ3) is 5.05. The van der Waals surface area contributed by atoms with Crippen molar-refractivity contribution >= 4 is 9.84 Å². The highest BCUT2D eigenvalue weighted by Crippen LogP contribution is 2.32. The van der Waals surface area contributed by atoms with E-state index in [1.807, 2.05) is 23.9 Å². The molecule has 2 aromatic rings. The van der Waals surface area contributed by atoms with Crippen molar-refractivity contribution in [1.82, 2.24) is 19.4 Å². The Kier molecular flexibility index (Phi) is 6.03. The molecule has 0 radical (unpaired) electrons. The van der Waals surface area contributed by atoms with Crippen LogP contribution in [0.5, 0.6) is 0 Å². The van der Waals surface area contributed by atoms with Crippen molar-refractivity contribution in [3.63, 3.8) is 0 Å². The number of hydrogen-bond acceptors (Lipinski definition) is 6. The Hall–Kier alpha value is -1.77. The van der Waals surface area contributed by atoms with E-state index < -0.39 is 9.84 Å². The zero-order valence-electron chi connectivity index (χ0n) is 17.2. The molecule has 158 valence electrons. The van der Waals surface area contributed by atoms with Gasteiger partial charge in [0.15, 0.2) is 0 Å². The van der Waals surface area contributed by atoms with Crippen LogP contribution in [-0.2, 0) is 34.2 Å². The highest BCUT2D eigenvalue weighted by molar-refractivity contribution is 7.91. The van der Waals surface area contributed by atoms with E-state index in [9.17, 15) is 8.42 Å². The maximum atomic E-state index is 13.0. The van der Waals surface area contributed by atoms with Crippen LogP contribution >= 0.6 is 0 Å². The lowest BCUT2D eigenvalue weighted by Gasteiger charge is -2.21. The molecule has 8 heteroatoms. The van der Waals surface area contributed by atoms with Crippen LogP contribution in [0.3, 0.4) is 0 Å². The van der Waals surface area contributed by atoms with Gasteiger partial charge in [0.1, 0.15) is 0 Å². The second kappa shape index (κ2) is 8.53. The van der Waals surface area contributed by atoms with E-state index >= 15 is 0 Å². The molecule has 29 heavy (non-hydrogen) atoms. The first-order valence-corrected chi connectivity index (χ1v) is 12.0. The monoisotopic (exact) mass is 418 g/mol. The van der Waals surface area contributed by atoms with Crippen LogP contribution in [0, 0.1) is 12.8 Å². The molecule has 0 N–H and O–H groups in total. The summed E-state index contributed by atoms with van der Waals surface area (Å²) in [5, 5.41) is 0.211. The van der Waals surface area contributed by atoms with E-state index in [1.54, 1.807) is 12.4 Å². The maximum Gasteiger partial charge on any atom is 0.227 e. The highest BCUT2D eigenvalue weighted by atomic mass is 32.2. The molecule has 2 aliphatic rings. The van der Waals surface area contributed by atoms with Gasteiger partial charge in [-0.1, -0.05) is 0 Å². The van der Waals surface area contributed by atoms with Crippen LogP contribution in [0.15, 0.2) is 29.8 Å².